The van der Waals surface area contributed by atoms with E-state index >= 15 is 0 Å². The standard InChI is InChI=1S/C16H32/c1-7-14(4)10-8-9-11-15(5)12-16(15,6)13(2)3/h13-14H,7-12H2,1-6H3. The van der Waals surface area contributed by atoms with Crippen molar-refractivity contribution in [1.29, 1.82) is 0 Å². The molecule has 0 N–H and O–H groups in total. The highest BCUT2D eigenvalue weighted by Crippen LogP contribution is 2.69. The van der Waals surface area contributed by atoms with Crippen LogP contribution in [0, 0.1) is 22.7 Å². The molecule has 3 unspecified atom stereocenters. The average Bonchev–Trinajstić information content (AvgIpc) is 2.78. The molecule has 1 fully saturated rings. The molecule has 0 spiro atoms. The van der Waals surface area contributed by atoms with Crippen LogP contribution in [0.2, 0.25) is 0 Å². The van der Waals surface area contributed by atoms with Crippen molar-refractivity contribution >= 4 is 0 Å². The summed E-state index contributed by atoms with van der Waals surface area (Å²) in [5, 5.41) is 0. The van der Waals surface area contributed by atoms with Crippen molar-refractivity contribution in [3.63, 3.8) is 0 Å². The summed E-state index contributed by atoms with van der Waals surface area (Å²) in [7, 11) is 0. The summed E-state index contributed by atoms with van der Waals surface area (Å²) in [5.41, 5.74) is 1.31. The van der Waals surface area contributed by atoms with Gasteiger partial charge >= 0.3 is 0 Å². The van der Waals surface area contributed by atoms with Crippen LogP contribution in [0.5, 0.6) is 0 Å². The zero-order chi connectivity index (χ0) is 12.4. The Hall–Kier alpha value is 0. The largest absolute Gasteiger partial charge is 0.0651 e. The van der Waals surface area contributed by atoms with E-state index in [2.05, 4.69) is 41.5 Å². The van der Waals surface area contributed by atoms with E-state index in [4.69, 9.17) is 0 Å². The minimum atomic E-state index is 0.642. The molecule has 16 heavy (non-hydrogen) atoms. The van der Waals surface area contributed by atoms with Crippen LogP contribution in [-0.4, -0.2) is 0 Å². The van der Waals surface area contributed by atoms with Crippen LogP contribution in [0.4, 0.5) is 0 Å². The number of hydrogen-bond donors (Lipinski definition) is 0. The molecule has 3 atom stereocenters. The minimum Gasteiger partial charge on any atom is -0.0651 e. The topological polar surface area (TPSA) is 0 Å². The Morgan fingerprint density at radius 2 is 1.69 bits per heavy atom. The normalized spacial score (nSPS) is 35.4. The third-order valence-corrected chi connectivity index (χ3v) is 5.66. The van der Waals surface area contributed by atoms with Gasteiger partial charge in [-0.2, -0.15) is 0 Å². The predicted octanol–water partition coefficient (Wildman–Crippen LogP) is 5.67. The first kappa shape index (κ1) is 14.1. The highest BCUT2D eigenvalue weighted by molar-refractivity contribution is 5.10. The molecular formula is C16H32. The second kappa shape index (κ2) is 5.10. The van der Waals surface area contributed by atoms with Gasteiger partial charge in [0, 0.05) is 0 Å². The lowest BCUT2D eigenvalue weighted by Crippen LogP contribution is -2.14. The smallest absolute Gasteiger partial charge is 0.0243 e. The maximum absolute atomic E-state index is 2.51. The fourth-order valence-electron chi connectivity index (χ4n) is 3.25. The molecule has 0 aromatic rings. The minimum absolute atomic E-state index is 0.642. The molecule has 0 heterocycles. The van der Waals surface area contributed by atoms with Gasteiger partial charge in [-0.05, 0) is 35.5 Å². The Balaban J connectivity index is 2.20. The molecule has 1 saturated carbocycles. The fourth-order valence-corrected chi connectivity index (χ4v) is 3.25. The first-order valence-electron chi connectivity index (χ1n) is 7.35. The van der Waals surface area contributed by atoms with Crippen LogP contribution >= 0.6 is 0 Å². The Morgan fingerprint density at radius 3 is 2.12 bits per heavy atom. The maximum atomic E-state index is 2.51. The molecule has 96 valence electrons. The second-order valence-electron chi connectivity index (χ2n) is 7.07. The van der Waals surface area contributed by atoms with Crippen LogP contribution in [0.3, 0.4) is 0 Å². The van der Waals surface area contributed by atoms with Crippen molar-refractivity contribution in [2.24, 2.45) is 22.7 Å². The molecule has 0 aliphatic heterocycles. The van der Waals surface area contributed by atoms with Crippen LogP contribution in [0.25, 0.3) is 0 Å². The Labute approximate surface area is 103 Å². The number of unbranched alkanes of at least 4 members (excludes halogenated alkanes) is 1. The maximum Gasteiger partial charge on any atom is -0.0243 e. The van der Waals surface area contributed by atoms with Gasteiger partial charge in [0.1, 0.15) is 0 Å². The van der Waals surface area contributed by atoms with Gasteiger partial charge in [-0.3, -0.25) is 0 Å². The quantitative estimate of drug-likeness (QED) is 0.489. The lowest BCUT2D eigenvalue weighted by atomic mass is 9.83. The van der Waals surface area contributed by atoms with E-state index in [9.17, 15) is 0 Å². The summed E-state index contributed by atoms with van der Waals surface area (Å²) in [4.78, 5) is 0. The van der Waals surface area contributed by atoms with Crippen LogP contribution in [-0.2, 0) is 0 Å². The van der Waals surface area contributed by atoms with E-state index in [1.807, 2.05) is 0 Å². The lowest BCUT2D eigenvalue weighted by Gasteiger charge is -2.22. The van der Waals surface area contributed by atoms with Gasteiger partial charge in [0.05, 0.1) is 0 Å². The van der Waals surface area contributed by atoms with Gasteiger partial charge in [0.25, 0.3) is 0 Å². The van der Waals surface area contributed by atoms with E-state index in [-0.39, 0.29) is 0 Å². The fraction of sp³-hybridized carbons (Fsp3) is 1.00. The van der Waals surface area contributed by atoms with Crippen LogP contribution < -0.4 is 0 Å². The molecule has 0 saturated heterocycles. The van der Waals surface area contributed by atoms with Crippen molar-refractivity contribution in [2.75, 3.05) is 0 Å². The lowest BCUT2D eigenvalue weighted by molar-refractivity contribution is 0.272. The molecule has 1 aliphatic rings. The van der Waals surface area contributed by atoms with Gasteiger partial charge in [-0.15, -0.1) is 0 Å². The molecule has 1 aliphatic carbocycles. The van der Waals surface area contributed by atoms with E-state index in [0.717, 1.165) is 11.8 Å². The van der Waals surface area contributed by atoms with Crippen LogP contribution in [0.1, 0.15) is 80.1 Å². The molecule has 0 bridgehead atoms. The van der Waals surface area contributed by atoms with E-state index in [0.29, 0.717) is 10.8 Å². The van der Waals surface area contributed by atoms with Crippen molar-refractivity contribution < 1.29 is 0 Å². The first-order valence-corrected chi connectivity index (χ1v) is 7.35. The Bertz CT molecular complexity index is 218. The third kappa shape index (κ3) is 2.81. The molecule has 0 radical (unpaired) electrons. The molecular weight excluding hydrogens is 192 g/mol. The zero-order valence-corrected chi connectivity index (χ0v) is 12.4. The number of hydrogen-bond acceptors (Lipinski definition) is 0. The highest BCUT2D eigenvalue weighted by Gasteiger charge is 2.61. The van der Waals surface area contributed by atoms with E-state index in [1.54, 1.807) is 0 Å². The first-order chi connectivity index (χ1) is 7.35. The van der Waals surface area contributed by atoms with Crippen molar-refractivity contribution in [2.45, 2.75) is 80.1 Å². The van der Waals surface area contributed by atoms with Crippen molar-refractivity contribution in [3.8, 4) is 0 Å². The summed E-state index contributed by atoms with van der Waals surface area (Å²) >= 11 is 0. The highest BCUT2D eigenvalue weighted by atomic mass is 14.7. The summed E-state index contributed by atoms with van der Waals surface area (Å²) in [6, 6.07) is 0. The molecule has 0 aromatic carbocycles. The molecule has 1 rings (SSSR count). The van der Waals surface area contributed by atoms with Gasteiger partial charge in [-0.1, -0.05) is 67.2 Å². The summed E-state index contributed by atoms with van der Waals surface area (Å²) in [6.45, 7) is 14.5. The van der Waals surface area contributed by atoms with Gasteiger partial charge in [0.15, 0.2) is 0 Å². The molecule has 0 aromatic heterocycles. The third-order valence-electron chi connectivity index (χ3n) is 5.66. The molecule has 0 heteroatoms. The van der Waals surface area contributed by atoms with Crippen molar-refractivity contribution in [1.82, 2.24) is 0 Å². The summed E-state index contributed by atoms with van der Waals surface area (Å²) in [5.74, 6) is 1.79. The van der Waals surface area contributed by atoms with E-state index < -0.39 is 0 Å². The van der Waals surface area contributed by atoms with Gasteiger partial charge < -0.3 is 0 Å². The predicted molar refractivity (Wildman–Crippen MR) is 73.6 cm³/mol. The average molecular weight is 224 g/mol. The molecule has 0 amide bonds. The van der Waals surface area contributed by atoms with Crippen molar-refractivity contribution in [3.05, 3.63) is 0 Å². The Kier molecular flexibility index (Phi) is 4.49. The zero-order valence-electron chi connectivity index (χ0n) is 12.4. The van der Waals surface area contributed by atoms with Gasteiger partial charge in [-0.25, -0.2) is 0 Å². The van der Waals surface area contributed by atoms with E-state index in [1.165, 1.54) is 38.5 Å². The summed E-state index contributed by atoms with van der Waals surface area (Å²) < 4.78 is 0. The summed E-state index contributed by atoms with van der Waals surface area (Å²) in [6.07, 6.45) is 8.59. The van der Waals surface area contributed by atoms with Crippen LogP contribution in [0.15, 0.2) is 0 Å². The second-order valence-corrected chi connectivity index (χ2v) is 7.07. The van der Waals surface area contributed by atoms with Gasteiger partial charge in [0.2, 0.25) is 0 Å². The Morgan fingerprint density at radius 1 is 1.06 bits per heavy atom. The number of rotatable bonds is 7. The SMILES string of the molecule is CCC(C)CCCCC1(C)CC1(C)C(C)C. The molecule has 0 nitrogen and oxygen atoms in total. The monoisotopic (exact) mass is 224 g/mol.